The zero-order valence-electron chi connectivity index (χ0n) is 19.9. The summed E-state index contributed by atoms with van der Waals surface area (Å²) in [5, 5.41) is 22.4. The van der Waals surface area contributed by atoms with Gasteiger partial charge in [-0.1, -0.05) is 35.3 Å². The standard InChI is InChI=1S/C26H33Cl2NO5/c1-25(2,3)34-24(31)9-12-29-13-10-26(32,11-14-29)21-8-7-19(15-18(21)16-30)33-17-20-22(27)5-4-6-23(20)28/h4-8,15,30,32H,9-14,16-17H2,1-3H3. The number of benzene rings is 2. The number of aliphatic hydroxyl groups excluding tert-OH is 1. The first-order chi connectivity index (χ1) is 16.0. The predicted octanol–water partition coefficient (Wildman–Crippen LogP) is 5.08. The average molecular weight is 510 g/mol. The van der Waals surface area contributed by atoms with E-state index in [1.165, 1.54) is 0 Å². The molecule has 8 heteroatoms. The van der Waals surface area contributed by atoms with Crippen molar-refractivity contribution in [2.45, 2.75) is 64.4 Å². The van der Waals surface area contributed by atoms with Crippen molar-refractivity contribution in [3.63, 3.8) is 0 Å². The number of esters is 1. The highest BCUT2D eigenvalue weighted by molar-refractivity contribution is 6.35. The first-order valence-corrected chi connectivity index (χ1v) is 12.2. The quantitative estimate of drug-likeness (QED) is 0.483. The van der Waals surface area contributed by atoms with E-state index in [0.717, 1.165) is 0 Å². The third-order valence-electron chi connectivity index (χ3n) is 5.93. The number of rotatable bonds is 8. The Balaban J connectivity index is 1.60. The largest absolute Gasteiger partial charge is 0.489 e. The van der Waals surface area contributed by atoms with Crippen LogP contribution in [-0.4, -0.2) is 46.3 Å². The number of hydrogen-bond acceptors (Lipinski definition) is 6. The van der Waals surface area contributed by atoms with Gasteiger partial charge in [0.15, 0.2) is 0 Å². The normalized spacial score (nSPS) is 16.3. The molecule has 0 atom stereocenters. The Morgan fingerprint density at radius 1 is 1.12 bits per heavy atom. The van der Waals surface area contributed by atoms with Crippen molar-refractivity contribution in [2.24, 2.45) is 0 Å². The molecule has 1 aliphatic rings. The molecule has 0 bridgehead atoms. The van der Waals surface area contributed by atoms with E-state index in [4.69, 9.17) is 32.7 Å². The monoisotopic (exact) mass is 509 g/mol. The van der Waals surface area contributed by atoms with E-state index in [1.54, 1.807) is 30.3 Å². The average Bonchev–Trinajstić information content (AvgIpc) is 2.77. The van der Waals surface area contributed by atoms with Gasteiger partial charge in [-0.2, -0.15) is 0 Å². The van der Waals surface area contributed by atoms with E-state index >= 15 is 0 Å². The minimum Gasteiger partial charge on any atom is -0.489 e. The van der Waals surface area contributed by atoms with Crippen LogP contribution in [0.15, 0.2) is 36.4 Å². The Morgan fingerprint density at radius 3 is 2.35 bits per heavy atom. The molecule has 1 heterocycles. The Kier molecular flexibility index (Phi) is 8.87. The van der Waals surface area contributed by atoms with E-state index in [9.17, 15) is 15.0 Å². The van der Waals surface area contributed by atoms with Crippen LogP contribution in [0.25, 0.3) is 0 Å². The number of carbonyl (C=O) groups is 1. The second-order valence-electron chi connectivity index (χ2n) is 9.68. The van der Waals surface area contributed by atoms with Crippen LogP contribution in [-0.2, 0) is 28.3 Å². The zero-order valence-corrected chi connectivity index (χ0v) is 21.5. The van der Waals surface area contributed by atoms with Crippen LogP contribution in [0.1, 0.15) is 56.7 Å². The summed E-state index contributed by atoms with van der Waals surface area (Å²) in [5.74, 6) is 0.340. The van der Waals surface area contributed by atoms with Gasteiger partial charge in [-0.25, -0.2) is 0 Å². The van der Waals surface area contributed by atoms with Gasteiger partial charge in [0.25, 0.3) is 0 Å². The summed E-state index contributed by atoms with van der Waals surface area (Å²) >= 11 is 12.4. The molecule has 34 heavy (non-hydrogen) atoms. The molecule has 1 fully saturated rings. The Morgan fingerprint density at radius 2 is 1.76 bits per heavy atom. The zero-order chi connectivity index (χ0) is 24.9. The van der Waals surface area contributed by atoms with Crippen molar-refractivity contribution in [3.8, 4) is 5.75 Å². The number of ether oxygens (including phenoxy) is 2. The molecule has 0 aromatic heterocycles. The summed E-state index contributed by atoms with van der Waals surface area (Å²) in [6, 6.07) is 10.6. The number of aliphatic hydroxyl groups is 2. The molecule has 1 saturated heterocycles. The van der Waals surface area contributed by atoms with Crippen LogP contribution < -0.4 is 4.74 Å². The molecule has 2 aromatic carbocycles. The van der Waals surface area contributed by atoms with E-state index in [-0.39, 0.29) is 19.2 Å². The van der Waals surface area contributed by atoms with E-state index in [1.807, 2.05) is 26.8 Å². The molecule has 0 radical (unpaired) electrons. The first kappa shape index (κ1) is 26.8. The highest BCUT2D eigenvalue weighted by Crippen LogP contribution is 2.37. The SMILES string of the molecule is CC(C)(C)OC(=O)CCN1CCC(O)(c2ccc(OCc3c(Cl)cccc3Cl)cc2CO)CC1. The molecule has 1 aliphatic heterocycles. The summed E-state index contributed by atoms with van der Waals surface area (Å²) in [5.41, 5.74) is 0.468. The van der Waals surface area contributed by atoms with Gasteiger partial charge in [0.2, 0.25) is 0 Å². The lowest BCUT2D eigenvalue weighted by atomic mass is 9.82. The van der Waals surface area contributed by atoms with Crippen molar-refractivity contribution in [2.75, 3.05) is 19.6 Å². The second-order valence-corrected chi connectivity index (χ2v) is 10.5. The first-order valence-electron chi connectivity index (χ1n) is 11.5. The maximum Gasteiger partial charge on any atom is 0.307 e. The van der Waals surface area contributed by atoms with Gasteiger partial charge in [0, 0.05) is 35.2 Å². The Hall–Kier alpha value is -1.83. The fourth-order valence-corrected chi connectivity index (χ4v) is 4.63. The molecule has 0 spiro atoms. The highest BCUT2D eigenvalue weighted by Gasteiger charge is 2.35. The molecule has 3 rings (SSSR count). The molecule has 2 aromatic rings. The smallest absolute Gasteiger partial charge is 0.307 e. The van der Waals surface area contributed by atoms with Crippen molar-refractivity contribution in [1.29, 1.82) is 0 Å². The van der Waals surface area contributed by atoms with Gasteiger partial charge >= 0.3 is 5.97 Å². The number of likely N-dealkylation sites (tertiary alicyclic amines) is 1. The van der Waals surface area contributed by atoms with E-state index in [0.29, 0.717) is 71.4 Å². The van der Waals surface area contributed by atoms with Crippen LogP contribution in [0, 0.1) is 0 Å². The van der Waals surface area contributed by atoms with Crippen LogP contribution in [0.4, 0.5) is 0 Å². The number of carbonyl (C=O) groups excluding carboxylic acids is 1. The Labute approximate surface area is 211 Å². The minimum atomic E-state index is -1.05. The molecular weight excluding hydrogens is 477 g/mol. The molecular formula is C26H33Cl2NO5. The maximum atomic E-state index is 12.0. The molecule has 0 unspecified atom stereocenters. The molecule has 0 aliphatic carbocycles. The Bertz CT molecular complexity index is 977. The third kappa shape index (κ3) is 7.09. The summed E-state index contributed by atoms with van der Waals surface area (Å²) in [7, 11) is 0. The fraction of sp³-hybridized carbons (Fsp3) is 0.500. The van der Waals surface area contributed by atoms with Crippen LogP contribution in [0.3, 0.4) is 0 Å². The summed E-state index contributed by atoms with van der Waals surface area (Å²) < 4.78 is 11.2. The maximum absolute atomic E-state index is 12.0. The van der Waals surface area contributed by atoms with Gasteiger partial charge in [-0.05, 0) is 69.0 Å². The highest BCUT2D eigenvalue weighted by atomic mass is 35.5. The lowest BCUT2D eigenvalue weighted by Gasteiger charge is -2.39. The molecule has 6 nitrogen and oxygen atoms in total. The molecule has 2 N–H and O–H groups in total. The lowest BCUT2D eigenvalue weighted by molar-refractivity contribution is -0.155. The fourth-order valence-electron chi connectivity index (χ4n) is 4.13. The summed E-state index contributed by atoms with van der Waals surface area (Å²) in [6.07, 6.45) is 1.33. The minimum absolute atomic E-state index is 0.194. The van der Waals surface area contributed by atoms with Crippen molar-refractivity contribution in [1.82, 2.24) is 4.90 Å². The number of halogens is 2. The number of piperidine rings is 1. The summed E-state index contributed by atoms with van der Waals surface area (Å²) in [4.78, 5) is 14.1. The second kappa shape index (κ2) is 11.3. The predicted molar refractivity (Wildman–Crippen MR) is 133 cm³/mol. The van der Waals surface area contributed by atoms with E-state index in [2.05, 4.69) is 4.90 Å². The molecule has 186 valence electrons. The van der Waals surface area contributed by atoms with Gasteiger partial charge in [0.1, 0.15) is 18.0 Å². The summed E-state index contributed by atoms with van der Waals surface area (Å²) in [6.45, 7) is 7.42. The third-order valence-corrected chi connectivity index (χ3v) is 6.64. The van der Waals surface area contributed by atoms with Gasteiger partial charge in [-0.15, -0.1) is 0 Å². The van der Waals surface area contributed by atoms with Crippen LogP contribution in [0.5, 0.6) is 5.75 Å². The van der Waals surface area contributed by atoms with E-state index < -0.39 is 11.2 Å². The topological polar surface area (TPSA) is 79.2 Å². The van der Waals surface area contributed by atoms with Gasteiger partial charge < -0.3 is 24.6 Å². The molecule has 0 amide bonds. The van der Waals surface area contributed by atoms with Crippen molar-refractivity contribution in [3.05, 3.63) is 63.1 Å². The lowest BCUT2D eigenvalue weighted by Crippen LogP contribution is -2.43. The number of nitrogens with zero attached hydrogens (tertiary/aromatic N) is 1. The van der Waals surface area contributed by atoms with Crippen molar-refractivity contribution >= 4 is 29.2 Å². The number of hydrogen-bond donors (Lipinski definition) is 2. The van der Waals surface area contributed by atoms with Crippen molar-refractivity contribution < 1.29 is 24.5 Å². The van der Waals surface area contributed by atoms with Gasteiger partial charge in [-0.3, -0.25) is 4.79 Å². The van der Waals surface area contributed by atoms with Crippen LogP contribution >= 0.6 is 23.2 Å². The molecule has 0 saturated carbocycles. The van der Waals surface area contributed by atoms with Gasteiger partial charge in [0.05, 0.1) is 18.6 Å². The van der Waals surface area contributed by atoms with Crippen LogP contribution in [0.2, 0.25) is 10.0 Å².